The maximum absolute atomic E-state index is 12.6. The Bertz CT molecular complexity index is 600. The molecule has 23 heavy (non-hydrogen) atoms. The summed E-state index contributed by atoms with van der Waals surface area (Å²) in [7, 11) is 0. The van der Waals surface area contributed by atoms with Crippen molar-refractivity contribution in [1.29, 1.82) is 0 Å². The van der Waals surface area contributed by atoms with Gasteiger partial charge in [-0.15, -0.1) is 0 Å². The zero-order valence-corrected chi connectivity index (χ0v) is 14.3. The van der Waals surface area contributed by atoms with Crippen LogP contribution in [0.3, 0.4) is 0 Å². The van der Waals surface area contributed by atoms with Crippen LogP contribution >= 0.6 is 23.2 Å². The maximum atomic E-state index is 12.6. The molecule has 0 bridgehead atoms. The van der Waals surface area contributed by atoms with E-state index in [2.05, 4.69) is 5.32 Å². The zero-order chi connectivity index (χ0) is 17.0. The second-order valence-corrected chi connectivity index (χ2v) is 6.66. The summed E-state index contributed by atoms with van der Waals surface area (Å²) in [6.07, 6.45) is 0.856. The minimum atomic E-state index is -0.936. The highest BCUT2D eigenvalue weighted by atomic mass is 35.5. The van der Waals surface area contributed by atoms with E-state index in [4.69, 9.17) is 33.0 Å². The monoisotopic (exact) mass is 359 g/mol. The van der Waals surface area contributed by atoms with Crippen molar-refractivity contribution in [3.05, 3.63) is 33.8 Å². The Balaban J connectivity index is 2.13. The average molecular weight is 360 g/mol. The van der Waals surface area contributed by atoms with Gasteiger partial charge in [0, 0.05) is 13.2 Å². The van der Waals surface area contributed by atoms with Crippen LogP contribution in [-0.4, -0.2) is 35.7 Å². The fraction of sp³-hybridized carbons (Fsp3) is 0.500. The Kier molecular flexibility index (Phi) is 5.89. The number of carboxylic acid groups (broad SMARTS) is 1. The Labute approximate surface area is 144 Å². The van der Waals surface area contributed by atoms with Gasteiger partial charge >= 0.3 is 5.97 Å². The second-order valence-electron chi connectivity index (χ2n) is 5.85. The number of benzene rings is 1. The Hall–Kier alpha value is -1.30. The fourth-order valence-corrected chi connectivity index (χ4v) is 3.01. The first kappa shape index (κ1) is 18.0. The predicted molar refractivity (Wildman–Crippen MR) is 88.1 cm³/mol. The summed E-state index contributed by atoms with van der Waals surface area (Å²) in [5, 5.41) is 12.9. The van der Waals surface area contributed by atoms with E-state index in [-0.39, 0.29) is 12.3 Å². The van der Waals surface area contributed by atoms with E-state index < -0.39 is 17.4 Å². The van der Waals surface area contributed by atoms with Crippen molar-refractivity contribution in [1.82, 2.24) is 5.32 Å². The lowest BCUT2D eigenvalue weighted by molar-refractivity contribution is -0.140. The standard InChI is InChI=1S/C16H19Cl2NO4/c1-10(11-2-3-12(17)13(18)8-11)15(22)19-16(9-14(20)21)4-6-23-7-5-16/h2-3,8,10H,4-7,9H2,1H3,(H,19,22)(H,20,21). The average Bonchev–Trinajstić information content (AvgIpc) is 2.49. The largest absolute Gasteiger partial charge is 0.481 e. The summed E-state index contributed by atoms with van der Waals surface area (Å²) in [6.45, 7) is 2.63. The molecule has 0 aliphatic carbocycles. The lowest BCUT2D eigenvalue weighted by atomic mass is 9.85. The highest BCUT2D eigenvalue weighted by Gasteiger charge is 2.37. The molecule has 1 aliphatic heterocycles. The van der Waals surface area contributed by atoms with E-state index in [9.17, 15) is 9.59 Å². The van der Waals surface area contributed by atoms with Gasteiger partial charge in [0.05, 0.1) is 27.9 Å². The van der Waals surface area contributed by atoms with Crippen molar-refractivity contribution in [2.24, 2.45) is 0 Å². The molecule has 1 saturated heterocycles. The van der Waals surface area contributed by atoms with Crippen molar-refractivity contribution >= 4 is 35.1 Å². The quantitative estimate of drug-likeness (QED) is 0.845. The number of rotatable bonds is 5. The molecule has 0 aromatic heterocycles. The van der Waals surface area contributed by atoms with Crippen molar-refractivity contribution in [3.8, 4) is 0 Å². The highest BCUT2D eigenvalue weighted by Crippen LogP contribution is 2.29. The van der Waals surface area contributed by atoms with Crippen LogP contribution in [-0.2, 0) is 14.3 Å². The molecule has 1 unspecified atom stereocenters. The molecular weight excluding hydrogens is 341 g/mol. The van der Waals surface area contributed by atoms with Crippen LogP contribution in [0.15, 0.2) is 18.2 Å². The van der Waals surface area contributed by atoms with Crippen LogP contribution in [0.4, 0.5) is 0 Å². The summed E-state index contributed by atoms with van der Waals surface area (Å²) < 4.78 is 5.29. The smallest absolute Gasteiger partial charge is 0.305 e. The van der Waals surface area contributed by atoms with E-state index in [1.165, 1.54) is 0 Å². The molecule has 1 heterocycles. The first-order chi connectivity index (χ1) is 10.8. The molecule has 0 saturated carbocycles. The Morgan fingerprint density at radius 1 is 1.30 bits per heavy atom. The molecule has 7 heteroatoms. The number of hydrogen-bond donors (Lipinski definition) is 2. The van der Waals surface area contributed by atoms with Crippen LogP contribution in [0.5, 0.6) is 0 Å². The second kappa shape index (κ2) is 7.51. The molecule has 0 radical (unpaired) electrons. The van der Waals surface area contributed by atoms with Gasteiger partial charge in [0.1, 0.15) is 0 Å². The summed E-state index contributed by atoms with van der Waals surface area (Å²) in [6, 6.07) is 5.04. The molecule has 1 aromatic rings. The molecule has 1 atom stereocenters. The highest BCUT2D eigenvalue weighted by molar-refractivity contribution is 6.42. The van der Waals surface area contributed by atoms with Crippen LogP contribution in [0.25, 0.3) is 0 Å². The predicted octanol–water partition coefficient (Wildman–Crippen LogP) is 3.24. The van der Waals surface area contributed by atoms with Crippen LogP contribution < -0.4 is 5.32 Å². The fourth-order valence-electron chi connectivity index (χ4n) is 2.70. The number of carboxylic acids is 1. The van der Waals surface area contributed by atoms with Gasteiger partial charge in [0.15, 0.2) is 0 Å². The molecule has 0 spiro atoms. The van der Waals surface area contributed by atoms with Crippen LogP contribution in [0.1, 0.15) is 37.7 Å². The van der Waals surface area contributed by atoms with E-state index >= 15 is 0 Å². The van der Waals surface area contributed by atoms with Crippen molar-refractivity contribution < 1.29 is 19.4 Å². The van der Waals surface area contributed by atoms with Gasteiger partial charge in [0.25, 0.3) is 0 Å². The number of halogens is 2. The number of carbonyl (C=O) groups is 2. The topological polar surface area (TPSA) is 75.6 Å². The Morgan fingerprint density at radius 3 is 2.52 bits per heavy atom. The molecular formula is C16H19Cl2NO4. The molecule has 1 amide bonds. The minimum Gasteiger partial charge on any atom is -0.481 e. The lowest BCUT2D eigenvalue weighted by Gasteiger charge is -2.37. The molecule has 2 rings (SSSR count). The number of ether oxygens (including phenoxy) is 1. The first-order valence-electron chi connectivity index (χ1n) is 7.39. The van der Waals surface area contributed by atoms with Crippen LogP contribution in [0, 0.1) is 0 Å². The van der Waals surface area contributed by atoms with Crippen molar-refractivity contribution in [2.75, 3.05) is 13.2 Å². The summed E-state index contributed by atoms with van der Waals surface area (Å²) >= 11 is 11.9. The van der Waals surface area contributed by atoms with E-state index in [0.29, 0.717) is 36.1 Å². The molecule has 1 aromatic carbocycles. The summed E-state index contributed by atoms with van der Waals surface area (Å²) in [4.78, 5) is 23.7. The normalized spacial score (nSPS) is 18.2. The maximum Gasteiger partial charge on any atom is 0.305 e. The van der Waals surface area contributed by atoms with E-state index in [1.54, 1.807) is 25.1 Å². The molecule has 1 fully saturated rings. The SMILES string of the molecule is CC(C(=O)NC1(CC(=O)O)CCOCC1)c1ccc(Cl)c(Cl)c1. The third-order valence-electron chi connectivity index (χ3n) is 4.16. The molecule has 5 nitrogen and oxygen atoms in total. The third-order valence-corrected chi connectivity index (χ3v) is 4.90. The van der Waals surface area contributed by atoms with Gasteiger partial charge in [-0.3, -0.25) is 9.59 Å². The Morgan fingerprint density at radius 2 is 1.96 bits per heavy atom. The number of nitrogens with one attached hydrogen (secondary N) is 1. The third kappa shape index (κ3) is 4.59. The van der Waals surface area contributed by atoms with Crippen LogP contribution in [0.2, 0.25) is 10.0 Å². The summed E-state index contributed by atoms with van der Waals surface area (Å²) in [5.74, 6) is -1.63. The molecule has 1 aliphatic rings. The molecule has 126 valence electrons. The minimum absolute atomic E-state index is 0.115. The molecule has 2 N–H and O–H groups in total. The van der Waals surface area contributed by atoms with Gasteiger partial charge in [-0.2, -0.15) is 0 Å². The zero-order valence-electron chi connectivity index (χ0n) is 12.8. The van der Waals surface area contributed by atoms with E-state index in [1.807, 2.05) is 0 Å². The van der Waals surface area contributed by atoms with Gasteiger partial charge in [-0.25, -0.2) is 0 Å². The number of amides is 1. The van der Waals surface area contributed by atoms with Gasteiger partial charge < -0.3 is 15.2 Å². The number of hydrogen-bond acceptors (Lipinski definition) is 3. The number of aliphatic carboxylic acids is 1. The van der Waals surface area contributed by atoms with E-state index in [0.717, 1.165) is 5.56 Å². The number of carbonyl (C=O) groups excluding carboxylic acids is 1. The summed E-state index contributed by atoms with van der Waals surface area (Å²) in [5.41, 5.74) is -0.0273. The first-order valence-corrected chi connectivity index (χ1v) is 8.15. The van der Waals surface area contributed by atoms with Crippen molar-refractivity contribution in [3.63, 3.8) is 0 Å². The van der Waals surface area contributed by atoms with Gasteiger partial charge in [-0.05, 0) is 37.5 Å². The van der Waals surface area contributed by atoms with Crippen molar-refractivity contribution in [2.45, 2.75) is 37.6 Å². The lowest BCUT2D eigenvalue weighted by Crippen LogP contribution is -2.54. The van der Waals surface area contributed by atoms with Gasteiger partial charge in [0.2, 0.25) is 5.91 Å². The van der Waals surface area contributed by atoms with Gasteiger partial charge in [-0.1, -0.05) is 29.3 Å².